The second-order valence-corrected chi connectivity index (χ2v) is 9.31. The molecule has 5 rings (SSSR count). The number of fused-ring (bicyclic) bond motifs is 1. The minimum Gasteiger partial charge on any atom is -0.467 e. The van der Waals surface area contributed by atoms with E-state index in [1.165, 1.54) is 11.3 Å². The highest BCUT2D eigenvalue weighted by Crippen LogP contribution is 2.38. The van der Waals surface area contributed by atoms with Crippen molar-refractivity contribution in [2.45, 2.75) is 45.1 Å². The van der Waals surface area contributed by atoms with Crippen LogP contribution >= 0.6 is 0 Å². The molecule has 3 atom stereocenters. The van der Waals surface area contributed by atoms with Gasteiger partial charge < -0.3 is 9.15 Å². The fraction of sp³-hybridized carbons (Fsp3) is 0.423. The van der Waals surface area contributed by atoms with E-state index < -0.39 is 31.1 Å². The molecule has 1 aliphatic carbocycles. The Labute approximate surface area is 202 Å². The number of carbonyl (C=O) groups is 4. The van der Waals surface area contributed by atoms with Crippen LogP contribution in [0, 0.1) is 18.8 Å². The number of hydrazone groups is 1. The molecular weight excluding hydrogens is 450 g/mol. The van der Waals surface area contributed by atoms with E-state index in [4.69, 9.17) is 9.15 Å². The van der Waals surface area contributed by atoms with Crippen LogP contribution in [-0.2, 0) is 23.9 Å². The van der Waals surface area contributed by atoms with Crippen LogP contribution < -0.4 is 0 Å². The molecule has 0 bridgehead atoms. The Kier molecular flexibility index (Phi) is 6.23. The van der Waals surface area contributed by atoms with Gasteiger partial charge in [0, 0.05) is 6.42 Å². The van der Waals surface area contributed by atoms with E-state index in [0.717, 1.165) is 34.6 Å². The van der Waals surface area contributed by atoms with Gasteiger partial charge in [0.15, 0.2) is 6.61 Å². The van der Waals surface area contributed by atoms with E-state index >= 15 is 0 Å². The zero-order valence-corrected chi connectivity index (χ0v) is 19.5. The first-order valence-electron chi connectivity index (χ1n) is 11.9. The number of nitrogens with zero attached hydrogens (tertiary/aromatic N) is 3. The smallest absolute Gasteiger partial charge is 0.326 e. The SMILES string of the molecule is Cc1ccc(C2=NN(C(=O)COC(=O)CN3C(=O)[C@@H]4CCCC[C@H]4C3=O)[C@H](c3ccco3)C2)cc1. The molecule has 9 heteroatoms. The Morgan fingerprint density at radius 2 is 1.74 bits per heavy atom. The minimum absolute atomic E-state index is 0.312. The van der Waals surface area contributed by atoms with Crippen molar-refractivity contribution in [3.05, 3.63) is 59.5 Å². The number of hydrogen-bond donors (Lipinski definition) is 0. The van der Waals surface area contributed by atoms with E-state index in [9.17, 15) is 19.2 Å². The third kappa shape index (κ3) is 4.50. The molecule has 2 aliphatic heterocycles. The molecule has 2 fully saturated rings. The Morgan fingerprint density at radius 3 is 2.37 bits per heavy atom. The van der Waals surface area contributed by atoms with Crippen molar-refractivity contribution in [1.82, 2.24) is 9.91 Å². The van der Waals surface area contributed by atoms with Gasteiger partial charge in [0.05, 0.1) is 23.8 Å². The predicted molar refractivity (Wildman–Crippen MR) is 124 cm³/mol. The minimum atomic E-state index is -0.796. The fourth-order valence-electron chi connectivity index (χ4n) is 5.13. The molecule has 0 unspecified atom stereocenters. The van der Waals surface area contributed by atoms with Gasteiger partial charge in [-0.1, -0.05) is 42.7 Å². The molecular formula is C26H27N3O6. The predicted octanol–water partition coefficient (Wildman–Crippen LogP) is 2.98. The number of imide groups is 1. The average molecular weight is 478 g/mol. The summed E-state index contributed by atoms with van der Waals surface area (Å²) in [7, 11) is 0. The summed E-state index contributed by atoms with van der Waals surface area (Å²) >= 11 is 0. The van der Waals surface area contributed by atoms with Crippen LogP contribution in [-0.4, -0.2) is 52.5 Å². The molecule has 9 nitrogen and oxygen atoms in total. The standard InChI is InChI=1S/C26H27N3O6/c1-16-8-10-17(11-9-16)20-13-21(22-7-4-12-34-22)29(27-20)23(30)15-35-24(31)14-28-25(32)18-5-2-3-6-19(18)26(28)33/h4,7-12,18-19,21H,2-3,5-6,13-15H2,1H3/t18-,19-,21+/m1/s1. The van der Waals surface area contributed by atoms with Crippen molar-refractivity contribution in [3.63, 3.8) is 0 Å². The number of benzene rings is 1. The number of furan rings is 1. The summed E-state index contributed by atoms with van der Waals surface area (Å²) in [4.78, 5) is 51.6. The van der Waals surface area contributed by atoms with Crippen molar-refractivity contribution in [1.29, 1.82) is 0 Å². The molecule has 1 aromatic carbocycles. The number of amides is 3. The Morgan fingerprint density at radius 1 is 1.06 bits per heavy atom. The van der Waals surface area contributed by atoms with Crippen LogP contribution in [0.4, 0.5) is 0 Å². The van der Waals surface area contributed by atoms with E-state index in [-0.39, 0.29) is 23.7 Å². The summed E-state index contributed by atoms with van der Waals surface area (Å²) in [6, 6.07) is 10.9. The number of esters is 1. The van der Waals surface area contributed by atoms with Crippen LogP contribution in [0.15, 0.2) is 52.2 Å². The van der Waals surface area contributed by atoms with Gasteiger partial charge in [0.2, 0.25) is 11.8 Å². The van der Waals surface area contributed by atoms with Crippen molar-refractivity contribution in [2.24, 2.45) is 16.9 Å². The maximum absolute atomic E-state index is 13.0. The van der Waals surface area contributed by atoms with E-state index in [0.29, 0.717) is 25.0 Å². The van der Waals surface area contributed by atoms with Gasteiger partial charge in [0.1, 0.15) is 18.3 Å². The molecule has 1 saturated heterocycles. The molecule has 1 saturated carbocycles. The van der Waals surface area contributed by atoms with Crippen molar-refractivity contribution in [2.75, 3.05) is 13.2 Å². The molecule has 0 spiro atoms. The monoisotopic (exact) mass is 477 g/mol. The lowest BCUT2D eigenvalue weighted by Crippen LogP contribution is -2.38. The normalized spacial score (nSPS) is 23.9. The van der Waals surface area contributed by atoms with Crippen LogP contribution in [0.2, 0.25) is 0 Å². The molecule has 1 aromatic heterocycles. The first-order valence-corrected chi connectivity index (χ1v) is 11.9. The summed E-state index contributed by atoms with van der Waals surface area (Å²) in [5, 5.41) is 5.79. The van der Waals surface area contributed by atoms with Crippen LogP contribution in [0.1, 0.15) is 55.0 Å². The fourth-order valence-corrected chi connectivity index (χ4v) is 5.13. The Hall–Kier alpha value is -3.75. The summed E-state index contributed by atoms with van der Waals surface area (Å²) in [5.41, 5.74) is 2.73. The average Bonchev–Trinajstić information content (AvgIpc) is 3.60. The maximum Gasteiger partial charge on any atom is 0.326 e. The highest BCUT2D eigenvalue weighted by molar-refractivity contribution is 6.07. The highest BCUT2D eigenvalue weighted by atomic mass is 16.5. The van der Waals surface area contributed by atoms with Crippen LogP contribution in [0.5, 0.6) is 0 Å². The second kappa shape index (κ2) is 9.48. The molecule has 2 aromatic rings. The largest absolute Gasteiger partial charge is 0.467 e. The van der Waals surface area contributed by atoms with Gasteiger partial charge >= 0.3 is 5.97 Å². The number of rotatable bonds is 6. The summed E-state index contributed by atoms with van der Waals surface area (Å²) < 4.78 is 10.7. The van der Waals surface area contributed by atoms with Gasteiger partial charge in [-0.15, -0.1) is 0 Å². The third-order valence-electron chi connectivity index (χ3n) is 7.00. The second-order valence-electron chi connectivity index (χ2n) is 9.31. The van der Waals surface area contributed by atoms with Gasteiger partial charge in [0.25, 0.3) is 5.91 Å². The zero-order chi connectivity index (χ0) is 24.5. The van der Waals surface area contributed by atoms with Crippen LogP contribution in [0.3, 0.4) is 0 Å². The molecule has 182 valence electrons. The summed E-state index contributed by atoms with van der Waals surface area (Å²) in [6.07, 6.45) is 5.14. The zero-order valence-electron chi connectivity index (χ0n) is 19.5. The number of carbonyl (C=O) groups excluding carboxylic acids is 4. The van der Waals surface area contributed by atoms with E-state index in [1.54, 1.807) is 12.1 Å². The Bertz CT molecular complexity index is 1150. The van der Waals surface area contributed by atoms with Gasteiger partial charge in [-0.3, -0.25) is 24.1 Å². The molecule has 0 radical (unpaired) electrons. The number of hydrogen-bond acceptors (Lipinski definition) is 7. The molecule has 3 amide bonds. The van der Waals surface area contributed by atoms with Gasteiger partial charge in [-0.25, -0.2) is 5.01 Å². The van der Waals surface area contributed by atoms with Crippen molar-refractivity contribution < 1.29 is 28.3 Å². The highest BCUT2D eigenvalue weighted by Gasteiger charge is 2.48. The Balaban J connectivity index is 1.24. The molecule has 3 aliphatic rings. The lowest BCUT2D eigenvalue weighted by atomic mass is 9.81. The molecule has 0 N–H and O–H groups in total. The number of aryl methyl sites for hydroxylation is 1. The lowest BCUT2D eigenvalue weighted by Gasteiger charge is -2.20. The van der Waals surface area contributed by atoms with Crippen molar-refractivity contribution >= 4 is 29.4 Å². The molecule has 35 heavy (non-hydrogen) atoms. The maximum atomic E-state index is 13.0. The van der Waals surface area contributed by atoms with E-state index in [1.807, 2.05) is 31.2 Å². The third-order valence-corrected chi connectivity index (χ3v) is 7.00. The molecule has 3 heterocycles. The van der Waals surface area contributed by atoms with Gasteiger partial charge in [-0.2, -0.15) is 5.10 Å². The van der Waals surface area contributed by atoms with Crippen LogP contribution in [0.25, 0.3) is 0 Å². The van der Waals surface area contributed by atoms with E-state index in [2.05, 4.69) is 5.10 Å². The topological polar surface area (TPSA) is 109 Å². The lowest BCUT2D eigenvalue weighted by molar-refractivity contribution is -0.157. The summed E-state index contributed by atoms with van der Waals surface area (Å²) in [5.74, 6) is -2.03. The first kappa shape index (κ1) is 23.0. The first-order chi connectivity index (χ1) is 16.9. The van der Waals surface area contributed by atoms with Gasteiger partial charge in [-0.05, 0) is 37.5 Å². The quantitative estimate of drug-likeness (QED) is 0.467. The van der Waals surface area contributed by atoms with Crippen molar-refractivity contribution in [3.8, 4) is 0 Å². The summed E-state index contributed by atoms with van der Waals surface area (Å²) in [6.45, 7) is 0.967. The number of ether oxygens (including phenoxy) is 1. The number of likely N-dealkylation sites (tertiary alicyclic amines) is 1.